The van der Waals surface area contributed by atoms with Crippen LogP contribution in [0.15, 0.2) is 60.8 Å². The number of rotatable bonds is 6. The average molecular weight is 513 g/mol. The molecule has 5 rings (SSSR count). The van der Waals surface area contributed by atoms with Crippen molar-refractivity contribution in [3.05, 3.63) is 83.6 Å². The summed E-state index contributed by atoms with van der Waals surface area (Å²) < 4.78 is 54.8. The Morgan fingerprint density at radius 3 is 2.61 bits per heavy atom. The number of aromatic nitrogens is 3. The lowest BCUT2D eigenvalue weighted by Gasteiger charge is -2.26. The molecule has 186 valence electrons. The molecule has 0 radical (unpaired) electrons. The molecule has 1 amide bonds. The number of nitrogens with zero attached hydrogens (tertiary/aromatic N) is 4. The molecule has 2 aromatic carbocycles. The van der Waals surface area contributed by atoms with Crippen molar-refractivity contribution < 1.29 is 22.0 Å². The number of carbonyl (C=O) groups excluding carboxylic acids is 1. The number of carbonyl (C=O) groups is 1. The largest absolute Gasteiger partial charge is 0.348 e. The number of halogens is 2. The number of anilines is 3. The van der Waals surface area contributed by atoms with Gasteiger partial charge in [-0.15, -0.1) is 5.10 Å². The van der Waals surface area contributed by atoms with Gasteiger partial charge in [0, 0.05) is 23.4 Å². The van der Waals surface area contributed by atoms with Crippen LogP contribution in [0.3, 0.4) is 0 Å². The Kier molecular flexibility index (Phi) is 6.04. The predicted octanol–water partition coefficient (Wildman–Crippen LogP) is 3.97. The molecular formula is C24H22F2N6O3S. The second kappa shape index (κ2) is 9.19. The number of fused-ring (bicyclic) bond motifs is 1. The van der Waals surface area contributed by atoms with Crippen LogP contribution in [0.25, 0.3) is 5.65 Å². The third kappa shape index (κ3) is 4.85. The zero-order valence-electron chi connectivity index (χ0n) is 19.1. The minimum absolute atomic E-state index is 0.280. The fraction of sp³-hybridized carbons (Fsp3) is 0.208. The standard InChI is InChI=1S/C24H22F2N6O3S/c1-36(34,35)30-17-7-4-15(5-8-17)24(33)28-23-14-27-21-10-11-22(29-32(21)23)31-12-2-3-20(31)18-13-16(25)6-9-19(18)26/h4-11,13-14,20,30H,2-3,12H2,1H3,(H,28,33). The van der Waals surface area contributed by atoms with Crippen LogP contribution in [-0.2, 0) is 10.0 Å². The first-order chi connectivity index (χ1) is 17.2. The van der Waals surface area contributed by atoms with Crippen molar-refractivity contribution in [3.8, 4) is 0 Å². The van der Waals surface area contributed by atoms with E-state index < -0.39 is 27.6 Å². The van der Waals surface area contributed by atoms with Gasteiger partial charge in [-0.2, -0.15) is 4.52 Å². The van der Waals surface area contributed by atoms with E-state index in [2.05, 4.69) is 20.1 Å². The zero-order valence-corrected chi connectivity index (χ0v) is 20.0. The first-order valence-corrected chi connectivity index (χ1v) is 13.0. The van der Waals surface area contributed by atoms with Gasteiger partial charge in [0.15, 0.2) is 11.5 Å². The monoisotopic (exact) mass is 512 g/mol. The highest BCUT2D eigenvalue weighted by Crippen LogP contribution is 2.36. The highest BCUT2D eigenvalue weighted by Gasteiger charge is 2.30. The summed E-state index contributed by atoms with van der Waals surface area (Å²) in [5, 5.41) is 7.38. The molecule has 1 unspecified atom stereocenters. The van der Waals surface area contributed by atoms with Crippen molar-refractivity contribution >= 4 is 38.9 Å². The summed E-state index contributed by atoms with van der Waals surface area (Å²) in [6.45, 7) is 0.614. The molecule has 0 saturated carbocycles. The first kappa shape index (κ1) is 23.7. The molecule has 0 bridgehead atoms. The van der Waals surface area contributed by atoms with Gasteiger partial charge in [0.05, 0.1) is 18.5 Å². The van der Waals surface area contributed by atoms with Gasteiger partial charge >= 0.3 is 0 Å². The minimum Gasteiger partial charge on any atom is -0.348 e. The number of hydrogen-bond acceptors (Lipinski definition) is 6. The highest BCUT2D eigenvalue weighted by molar-refractivity contribution is 7.92. The molecule has 0 spiro atoms. The molecule has 36 heavy (non-hydrogen) atoms. The molecule has 1 aliphatic heterocycles. The molecule has 1 aliphatic rings. The van der Waals surface area contributed by atoms with E-state index in [1.165, 1.54) is 41.0 Å². The maximum Gasteiger partial charge on any atom is 0.256 e. The van der Waals surface area contributed by atoms with E-state index in [1.54, 1.807) is 12.1 Å². The van der Waals surface area contributed by atoms with E-state index in [1.807, 2.05) is 4.90 Å². The molecule has 2 aromatic heterocycles. The summed E-state index contributed by atoms with van der Waals surface area (Å²) >= 11 is 0. The Labute approximate surface area is 205 Å². The Morgan fingerprint density at radius 2 is 1.86 bits per heavy atom. The zero-order chi connectivity index (χ0) is 25.4. The second-order valence-corrected chi connectivity index (χ2v) is 10.3. The maximum atomic E-state index is 14.5. The molecule has 0 aliphatic carbocycles. The van der Waals surface area contributed by atoms with Gasteiger partial charge in [-0.25, -0.2) is 22.2 Å². The Balaban J connectivity index is 1.39. The van der Waals surface area contributed by atoms with Crippen LogP contribution in [0.4, 0.5) is 26.1 Å². The summed E-state index contributed by atoms with van der Waals surface area (Å²) in [5.41, 5.74) is 1.42. The predicted molar refractivity (Wildman–Crippen MR) is 132 cm³/mol. The van der Waals surface area contributed by atoms with Gasteiger partial charge in [0.25, 0.3) is 5.91 Å². The average Bonchev–Trinajstić information content (AvgIpc) is 3.47. The van der Waals surface area contributed by atoms with E-state index in [4.69, 9.17) is 0 Å². The van der Waals surface area contributed by atoms with Crippen LogP contribution in [0.1, 0.15) is 34.8 Å². The Hall–Kier alpha value is -4.06. The molecule has 9 nitrogen and oxygen atoms in total. The van der Waals surface area contributed by atoms with Crippen LogP contribution in [0.2, 0.25) is 0 Å². The molecule has 12 heteroatoms. The van der Waals surface area contributed by atoms with E-state index in [0.717, 1.165) is 24.8 Å². The van der Waals surface area contributed by atoms with Crippen LogP contribution in [0, 0.1) is 11.6 Å². The number of hydrogen-bond donors (Lipinski definition) is 2. The fourth-order valence-corrected chi connectivity index (χ4v) is 4.89. The molecular weight excluding hydrogens is 490 g/mol. The van der Waals surface area contributed by atoms with Gasteiger partial charge in [-0.1, -0.05) is 0 Å². The van der Waals surface area contributed by atoms with Crippen molar-refractivity contribution in [1.29, 1.82) is 0 Å². The van der Waals surface area contributed by atoms with Gasteiger partial charge < -0.3 is 10.2 Å². The molecule has 3 heterocycles. The van der Waals surface area contributed by atoms with Crippen LogP contribution < -0.4 is 14.9 Å². The highest BCUT2D eigenvalue weighted by atomic mass is 32.2. The summed E-state index contributed by atoms with van der Waals surface area (Å²) in [4.78, 5) is 19.0. The molecule has 2 N–H and O–H groups in total. The van der Waals surface area contributed by atoms with E-state index in [-0.39, 0.29) is 11.6 Å². The van der Waals surface area contributed by atoms with Crippen molar-refractivity contribution in [2.24, 2.45) is 0 Å². The van der Waals surface area contributed by atoms with Crippen LogP contribution in [0.5, 0.6) is 0 Å². The normalized spacial score (nSPS) is 15.9. The lowest BCUT2D eigenvalue weighted by Crippen LogP contribution is -2.25. The lowest BCUT2D eigenvalue weighted by molar-refractivity contribution is 0.102. The third-order valence-electron chi connectivity index (χ3n) is 5.90. The SMILES string of the molecule is CS(=O)(=O)Nc1ccc(C(=O)Nc2cnc3ccc(N4CCCC4c4cc(F)ccc4F)nn23)cc1. The quantitative estimate of drug-likeness (QED) is 0.405. The van der Waals surface area contributed by atoms with Crippen molar-refractivity contribution in [3.63, 3.8) is 0 Å². The van der Waals surface area contributed by atoms with Gasteiger partial charge in [0.1, 0.15) is 17.5 Å². The van der Waals surface area contributed by atoms with E-state index in [9.17, 15) is 22.0 Å². The van der Waals surface area contributed by atoms with Crippen LogP contribution >= 0.6 is 0 Å². The van der Waals surface area contributed by atoms with Crippen molar-refractivity contribution in [2.45, 2.75) is 18.9 Å². The first-order valence-electron chi connectivity index (χ1n) is 11.1. The van der Waals surface area contributed by atoms with Crippen molar-refractivity contribution in [2.75, 3.05) is 27.7 Å². The van der Waals surface area contributed by atoms with Gasteiger partial charge in [0.2, 0.25) is 10.0 Å². The van der Waals surface area contributed by atoms with E-state index in [0.29, 0.717) is 41.5 Å². The fourth-order valence-electron chi connectivity index (χ4n) is 4.33. The molecule has 1 atom stereocenters. The Bertz CT molecular complexity index is 1560. The smallest absolute Gasteiger partial charge is 0.256 e. The lowest BCUT2D eigenvalue weighted by atomic mass is 10.0. The Morgan fingerprint density at radius 1 is 1.08 bits per heavy atom. The third-order valence-corrected chi connectivity index (χ3v) is 6.51. The van der Waals surface area contributed by atoms with E-state index >= 15 is 0 Å². The van der Waals surface area contributed by atoms with Crippen molar-refractivity contribution in [1.82, 2.24) is 14.6 Å². The van der Waals surface area contributed by atoms with Gasteiger partial charge in [-0.3, -0.25) is 9.52 Å². The summed E-state index contributed by atoms with van der Waals surface area (Å²) in [6.07, 6.45) is 3.95. The maximum absolute atomic E-state index is 14.5. The topological polar surface area (TPSA) is 109 Å². The van der Waals surface area contributed by atoms with Gasteiger partial charge in [-0.05, 0) is 67.4 Å². The number of benzene rings is 2. The summed E-state index contributed by atoms with van der Waals surface area (Å²) in [5.74, 6) is -0.541. The number of amides is 1. The van der Waals surface area contributed by atoms with Crippen LogP contribution in [-0.4, -0.2) is 41.7 Å². The molecule has 4 aromatic rings. The second-order valence-electron chi connectivity index (χ2n) is 8.53. The number of imidazole rings is 1. The summed E-state index contributed by atoms with van der Waals surface area (Å²) in [6, 6.07) is 12.5. The molecule has 1 fully saturated rings. The molecule has 1 saturated heterocycles. The number of nitrogens with one attached hydrogen (secondary N) is 2. The minimum atomic E-state index is -3.43. The number of sulfonamides is 1. The summed E-state index contributed by atoms with van der Waals surface area (Å²) in [7, 11) is -3.43.